The molecule has 1 heterocycles. The Balaban J connectivity index is 2.09. The van der Waals surface area contributed by atoms with E-state index in [2.05, 4.69) is 10.3 Å². The van der Waals surface area contributed by atoms with Crippen LogP contribution in [-0.4, -0.2) is 17.4 Å². The summed E-state index contributed by atoms with van der Waals surface area (Å²) in [6.45, 7) is 0.359. The highest BCUT2D eigenvalue weighted by molar-refractivity contribution is 5.91. The van der Waals surface area contributed by atoms with Crippen molar-refractivity contribution in [2.24, 2.45) is 5.73 Å². The largest absolute Gasteiger partial charge is 0.330 e. The van der Waals surface area contributed by atoms with Gasteiger partial charge in [-0.2, -0.15) is 0 Å². The number of pyridine rings is 1. The van der Waals surface area contributed by atoms with E-state index in [-0.39, 0.29) is 5.91 Å². The highest BCUT2D eigenvalue weighted by Gasteiger charge is 2.02. The molecule has 0 saturated carbocycles. The summed E-state index contributed by atoms with van der Waals surface area (Å²) in [6, 6.07) is 13.4. The molecule has 0 unspecified atom stereocenters. The maximum Gasteiger partial charge on any atom is 0.225 e. The van der Waals surface area contributed by atoms with E-state index < -0.39 is 0 Å². The highest BCUT2D eigenvalue weighted by Crippen LogP contribution is 2.18. The quantitative estimate of drug-likeness (QED) is 0.860. The zero-order valence-corrected chi connectivity index (χ0v) is 9.97. The van der Waals surface area contributed by atoms with Crippen molar-refractivity contribution in [1.82, 2.24) is 4.98 Å². The number of aromatic nitrogens is 1. The van der Waals surface area contributed by atoms with Gasteiger partial charge in [0.05, 0.1) is 5.69 Å². The topological polar surface area (TPSA) is 68.0 Å². The van der Waals surface area contributed by atoms with Crippen molar-refractivity contribution in [3.8, 4) is 11.3 Å². The molecule has 2 rings (SSSR count). The second-order valence-electron chi connectivity index (χ2n) is 3.88. The van der Waals surface area contributed by atoms with Gasteiger partial charge < -0.3 is 11.1 Å². The van der Waals surface area contributed by atoms with Crippen LogP contribution >= 0.6 is 0 Å². The van der Waals surface area contributed by atoms with Crippen LogP contribution in [0, 0.1) is 0 Å². The van der Waals surface area contributed by atoms with Gasteiger partial charge in [-0.1, -0.05) is 18.2 Å². The first-order valence-electron chi connectivity index (χ1n) is 5.81. The number of hydrogen-bond donors (Lipinski definition) is 2. The molecule has 0 aliphatic carbocycles. The second-order valence-corrected chi connectivity index (χ2v) is 3.88. The van der Waals surface area contributed by atoms with Crippen molar-refractivity contribution in [3.05, 3.63) is 48.7 Å². The van der Waals surface area contributed by atoms with Crippen molar-refractivity contribution < 1.29 is 4.79 Å². The third-order valence-corrected chi connectivity index (χ3v) is 2.50. The van der Waals surface area contributed by atoms with Crippen molar-refractivity contribution in [1.29, 1.82) is 0 Å². The molecule has 18 heavy (non-hydrogen) atoms. The first-order chi connectivity index (χ1) is 8.79. The highest BCUT2D eigenvalue weighted by atomic mass is 16.1. The van der Waals surface area contributed by atoms with Crippen LogP contribution in [0.3, 0.4) is 0 Å². The average Bonchev–Trinajstić information content (AvgIpc) is 2.41. The standard InChI is InChI=1S/C14H15N3O/c15-9-8-14(18)17-12-6-4-11(5-7-12)13-3-1-2-10-16-13/h1-7,10H,8-9,15H2,(H,17,18). The van der Waals surface area contributed by atoms with Gasteiger partial charge >= 0.3 is 0 Å². The van der Waals surface area contributed by atoms with E-state index in [1.54, 1.807) is 6.20 Å². The Morgan fingerprint density at radius 3 is 2.56 bits per heavy atom. The van der Waals surface area contributed by atoms with Crippen LogP contribution in [0.15, 0.2) is 48.7 Å². The molecular formula is C14H15N3O. The van der Waals surface area contributed by atoms with Gasteiger partial charge in [-0.05, 0) is 24.3 Å². The maximum absolute atomic E-state index is 11.4. The fourth-order valence-corrected chi connectivity index (χ4v) is 1.61. The van der Waals surface area contributed by atoms with Gasteiger partial charge in [0, 0.05) is 30.4 Å². The summed E-state index contributed by atoms with van der Waals surface area (Å²) < 4.78 is 0. The second kappa shape index (κ2) is 5.93. The predicted octanol–water partition coefficient (Wildman–Crippen LogP) is 2.04. The lowest BCUT2D eigenvalue weighted by molar-refractivity contribution is -0.116. The molecule has 1 aromatic carbocycles. The van der Waals surface area contributed by atoms with Crippen LogP contribution < -0.4 is 11.1 Å². The summed E-state index contributed by atoms with van der Waals surface area (Å²) in [5.74, 6) is -0.0666. The zero-order valence-electron chi connectivity index (χ0n) is 9.97. The number of carbonyl (C=O) groups is 1. The van der Waals surface area contributed by atoms with Gasteiger partial charge in [-0.25, -0.2) is 0 Å². The monoisotopic (exact) mass is 241 g/mol. The summed E-state index contributed by atoms with van der Waals surface area (Å²) in [6.07, 6.45) is 2.09. The van der Waals surface area contributed by atoms with Crippen molar-refractivity contribution >= 4 is 11.6 Å². The fourth-order valence-electron chi connectivity index (χ4n) is 1.61. The molecule has 0 fully saturated rings. The number of rotatable bonds is 4. The van der Waals surface area contributed by atoms with Crippen molar-refractivity contribution in [2.75, 3.05) is 11.9 Å². The fraction of sp³-hybridized carbons (Fsp3) is 0.143. The number of amides is 1. The van der Waals surface area contributed by atoms with E-state index >= 15 is 0 Å². The Morgan fingerprint density at radius 1 is 1.17 bits per heavy atom. The number of anilines is 1. The summed E-state index contributed by atoms with van der Waals surface area (Å²) in [5.41, 5.74) is 8.02. The molecule has 4 heteroatoms. The van der Waals surface area contributed by atoms with Gasteiger partial charge in [0.15, 0.2) is 0 Å². The summed E-state index contributed by atoms with van der Waals surface area (Å²) >= 11 is 0. The molecule has 2 aromatic rings. The lowest BCUT2D eigenvalue weighted by atomic mass is 10.1. The first-order valence-corrected chi connectivity index (χ1v) is 5.81. The third kappa shape index (κ3) is 3.15. The molecule has 0 aliphatic heterocycles. The molecule has 1 aromatic heterocycles. The molecule has 0 aliphatic rings. The van der Waals surface area contributed by atoms with Gasteiger partial charge in [0.1, 0.15) is 0 Å². The molecule has 3 N–H and O–H groups in total. The van der Waals surface area contributed by atoms with Gasteiger partial charge in [0.25, 0.3) is 0 Å². The minimum absolute atomic E-state index is 0.0666. The lowest BCUT2D eigenvalue weighted by Gasteiger charge is -2.05. The van der Waals surface area contributed by atoms with Crippen molar-refractivity contribution in [2.45, 2.75) is 6.42 Å². The molecule has 1 amide bonds. The van der Waals surface area contributed by atoms with Crippen LogP contribution in [0.4, 0.5) is 5.69 Å². The van der Waals surface area contributed by atoms with Gasteiger partial charge in [-0.15, -0.1) is 0 Å². The maximum atomic E-state index is 11.4. The van der Waals surface area contributed by atoms with Crippen molar-refractivity contribution in [3.63, 3.8) is 0 Å². The first kappa shape index (κ1) is 12.3. The third-order valence-electron chi connectivity index (χ3n) is 2.50. The van der Waals surface area contributed by atoms with E-state index in [1.807, 2.05) is 42.5 Å². The Hall–Kier alpha value is -2.20. The van der Waals surface area contributed by atoms with Crippen LogP contribution in [0.25, 0.3) is 11.3 Å². The SMILES string of the molecule is NCCC(=O)Nc1ccc(-c2ccccn2)cc1. The minimum Gasteiger partial charge on any atom is -0.330 e. The molecule has 4 nitrogen and oxygen atoms in total. The Labute approximate surface area is 106 Å². The molecule has 0 radical (unpaired) electrons. The summed E-state index contributed by atoms with van der Waals surface area (Å²) in [4.78, 5) is 15.6. The molecule has 0 saturated heterocycles. The number of nitrogens with one attached hydrogen (secondary N) is 1. The summed E-state index contributed by atoms with van der Waals surface area (Å²) in [7, 11) is 0. The Morgan fingerprint density at radius 2 is 1.94 bits per heavy atom. The molecule has 92 valence electrons. The van der Waals surface area contributed by atoms with E-state index in [4.69, 9.17) is 5.73 Å². The Kier molecular flexibility index (Phi) is 4.04. The van der Waals surface area contributed by atoms with Gasteiger partial charge in [-0.3, -0.25) is 9.78 Å². The van der Waals surface area contributed by atoms with E-state index in [9.17, 15) is 4.79 Å². The van der Waals surface area contributed by atoms with Crippen LogP contribution in [0.2, 0.25) is 0 Å². The number of benzene rings is 1. The number of nitrogens with two attached hydrogens (primary N) is 1. The lowest BCUT2D eigenvalue weighted by Crippen LogP contribution is -2.15. The van der Waals surface area contributed by atoms with E-state index in [1.165, 1.54) is 0 Å². The summed E-state index contributed by atoms with van der Waals surface area (Å²) in [5, 5.41) is 2.78. The molecule has 0 atom stereocenters. The van der Waals surface area contributed by atoms with E-state index in [0.717, 1.165) is 16.9 Å². The predicted molar refractivity (Wildman–Crippen MR) is 72.0 cm³/mol. The van der Waals surface area contributed by atoms with Gasteiger partial charge in [0.2, 0.25) is 5.91 Å². The van der Waals surface area contributed by atoms with Crippen LogP contribution in [-0.2, 0) is 4.79 Å². The smallest absolute Gasteiger partial charge is 0.225 e. The number of hydrogen-bond acceptors (Lipinski definition) is 3. The molecule has 0 bridgehead atoms. The zero-order chi connectivity index (χ0) is 12.8. The molecule has 0 spiro atoms. The number of nitrogens with zero attached hydrogens (tertiary/aromatic N) is 1. The van der Waals surface area contributed by atoms with Crippen LogP contribution in [0.5, 0.6) is 0 Å². The van der Waals surface area contributed by atoms with E-state index in [0.29, 0.717) is 13.0 Å². The average molecular weight is 241 g/mol. The minimum atomic E-state index is -0.0666. The molecular weight excluding hydrogens is 226 g/mol. The number of carbonyl (C=O) groups excluding carboxylic acids is 1. The normalized spacial score (nSPS) is 10.1. The Bertz CT molecular complexity index is 508. The van der Waals surface area contributed by atoms with Crippen LogP contribution in [0.1, 0.15) is 6.42 Å².